The first-order valence-electron chi connectivity index (χ1n) is 7.20. The summed E-state index contributed by atoms with van der Waals surface area (Å²) in [5, 5.41) is 5.37. The fourth-order valence-corrected chi connectivity index (χ4v) is 3.24. The number of rotatable bonds is 2. The minimum Gasteiger partial charge on any atom is -0.363 e. The summed E-state index contributed by atoms with van der Waals surface area (Å²) in [6, 6.07) is 18.9. The summed E-state index contributed by atoms with van der Waals surface area (Å²) in [5.41, 5.74) is 3.81. The summed E-state index contributed by atoms with van der Waals surface area (Å²) in [6.07, 6.45) is 2.26. The van der Waals surface area contributed by atoms with Crippen LogP contribution in [0.5, 0.6) is 0 Å². The molecule has 0 aliphatic heterocycles. The molecular weight excluding hydrogens is 320 g/mol. The molecule has 1 aliphatic carbocycles. The number of aromatic nitrogens is 1. The van der Waals surface area contributed by atoms with Gasteiger partial charge in [0.15, 0.2) is 0 Å². The number of halogens is 1. The van der Waals surface area contributed by atoms with E-state index < -0.39 is 0 Å². The van der Waals surface area contributed by atoms with Gasteiger partial charge in [0, 0.05) is 48.1 Å². The summed E-state index contributed by atoms with van der Waals surface area (Å²) in [4.78, 5) is 4.68. The molecular formula is C18H15ArClN2. The van der Waals surface area contributed by atoms with Crippen LogP contribution in [0.25, 0.3) is 10.9 Å². The van der Waals surface area contributed by atoms with Gasteiger partial charge in [0.25, 0.3) is 0 Å². The summed E-state index contributed by atoms with van der Waals surface area (Å²) in [7, 11) is 0. The Morgan fingerprint density at radius 3 is 2.82 bits per heavy atom. The van der Waals surface area contributed by atoms with Gasteiger partial charge in [0.05, 0.1) is 11.6 Å². The summed E-state index contributed by atoms with van der Waals surface area (Å²) in [6.45, 7) is 0. The van der Waals surface area contributed by atoms with Crippen molar-refractivity contribution in [3.63, 3.8) is 0 Å². The van der Waals surface area contributed by atoms with Crippen LogP contribution in [0, 0.1) is 37.7 Å². The number of fused-ring (bicyclic) bond motifs is 2. The predicted octanol–water partition coefficient (Wildman–Crippen LogP) is 4.99. The zero-order valence-electron chi connectivity index (χ0n) is 11.9. The molecule has 2 aromatic carbocycles. The second-order valence-electron chi connectivity index (χ2n) is 5.47. The van der Waals surface area contributed by atoms with Gasteiger partial charge in [0.2, 0.25) is 0 Å². The molecule has 4 heteroatoms. The van der Waals surface area contributed by atoms with Crippen LogP contribution in [-0.2, 0) is 6.42 Å². The number of hydrogen-bond acceptors (Lipinski definition) is 2. The van der Waals surface area contributed by atoms with Crippen LogP contribution in [-0.4, -0.2) is 4.98 Å². The van der Waals surface area contributed by atoms with Crippen molar-refractivity contribution in [2.45, 2.75) is 18.9 Å². The van der Waals surface area contributed by atoms with Crippen molar-refractivity contribution in [2.24, 2.45) is 0 Å². The maximum atomic E-state index is 6.01. The van der Waals surface area contributed by atoms with Crippen molar-refractivity contribution < 1.29 is 37.7 Å². The molecule has 0 fully saturated rings. The fraction of sp³-hybridized carbons (Fsp3) is 0.167. The number of nitrogens with zero attached hydrogens (tertiary/aromatic N) is 1. The second-order valence-corrected chi connectivity index (χ2v) is 5.90. The van der Waals surface area contributed by atoms with Crippen LogP contribution in [0.15, 0.2) is 54.6 Å². The van der Waals surface area contributed by atoms with Gasteiger partial charge in [-0.25, -0.2) is 4.98 Å². The van der Waals surface area contributed by atoms with Gasteiger partial charge in [-0.1, -0.05) is 35.9 Å². The van der Waals surface area contributed by atoms with E-state index >= 15 is 0 Å². The first-order chi connectivity index (χ1) is 10.3. The molecule has 0 amide bonds. The third-order valence-electron chi connectivity index (χ3n) is 4.11. The van der Waals surface area contributed by atoms with Crippen LogP contribution in [0.1, 0.15) is 23.6 Å². The van der Waals surface area contributed by atoms with Gasteiger partial charge in [-0.2, -0.15) is 0 Å². The maximum Gasteiger partial charge on any atom is 0.127 e. The molecule has 0 saturated carbocycles. The van der Waals surface area contributed by atoms with Crippen LogP contribution >= 0.6 is 11.6 Å². The van der Waals surface area contributed by atoms with E-state index in [-0.39, 0.29) is 37.7 Å². The van der Waals surface area contributed by atoms with Crippen LogP contribution < -0.4 is 5.32 Å². The molecule has 0 saturated heterocycles. The number of pyridine rings is 1. The predicted molar refractivity (Wildman–Crippen MR) is 87.9 cm³/mol. The molecule has 0 spiro atoms. The Hall–Kier alpha value is -0.800. The minimum absolute atomic E-state index is 0. The Labute approximate surface area is 164 Å². The van der Waals surface area contributed by atoms with Gasteiger partial charge >= 0.3 is 0 Å². The first-order valence-corrected chi connectivity index (χ1v) is 7.58. The van der Waals surface area contributed by atoms with Crippen molar-refractivity contribution in [1.29, 1.82) is 0 Å². The van der Waals surface area contributed by atoms with Gasteiger partial charge < -0.3 is 5.32 Å². The Morgan fingerprint density at radius 2 is 1.91 bits per heavy atom. The first kappa shape index (κ1) is 16.1. The van der Waals surface area contributed by atoms with E-state index in [0.717, 1.165) is 34.6 Å². The van der Waals surface area contributed by atoms with Gasteiger partial charge in [-0.3, -0.25) is 0 Å². The Morgan fingerprint density at radius 1 is 1.05 bits per heavy atom. The van der Waals surface area contributed by atoms with Crippen molar-refractivity contribution >= 4 is 28.3 Å². The smallest absolute Gasteiger partial charge is 0.127 e. The van der Waals surface area contributed by atoms with E-state index in [0.29, 0.717) is 6.04 Å². The molecule has 1 aromatic heterocycles. The SMILES string of the molecule is Clc1ccc2nc(N[C@@H]3CCc4ccccc43)ccc2c1.[Ar]. The van der Waals surface area contributed by atoms with E-state index in [1.54, 1.807) is 0 Å². The molecule has 1 N–H and O–H groups in total. The molecule has 4 rings (SSSR count). The Kier molecular flexibility index (Phi) is 4.94. The van der Waals surface area contributed by atoms with Crippen molar-refractivity contribution in [3.05, 3.63) is 70.7 Å². The summed E-state index contributed by atoms with van der Waals surface area (Å²) in [5.74, 6) is 0.923. The van der Waals surface area contributed by atoms with E-state index in [1.807, 2.05) is 24.3 Å². The maximum absolute atomic E-state index is 6.01. The second kappa shape index (κ2) is 6.76. The van der Waals surface area contributed by atoms with Gasteiger partial charge in [0.1, 0.15) is 5.82 Å². The molecule has 112 valence electrons. The number of benzene rings is 2. The standard InChI is InChI=1S/C18H15ClN2.Ar/c19-14-7-9-16-13(11-14)6-10-18(20-16)21-17-8-5-12-3-1-2-4-15(12)17;/h1-4,6-7,9-11,17H,5,8H2,(H,20,21);/t17-;/m1./s1. The molecule has 1 heterocycles. The van der Waals surface area contributed by atoms with Crippen molar-refractivity contribution in [2.75, 3.05) is 5.32 Å². The zero-order valence-corrected chi connectivity index (χ0v) is 13.3. The Balaban J connectivity index is 0.00000144. The summed E-state index contributed by atoms with van der Waals surface area (Å²) < 4.78 is 0. The average Bonchev–Trinajstić information content (AvgIpc) is 2.91. The molecule has 3 aromatic rings. The van der Waals surface area contributed by atoms with Crippen molar-refractivity contribution in [1.82, 2.24) is 4.98 Å². The number of anilines is 1. The molecule has 1 atom stereocenters. The topological polar surface area (TPSA) is 24.9 Å². The third-order valence-corrected chi connectivity index (χ3v) is 4.34. The van der Waals surface area contributed by atoms with Gasteiger partial charge in [-0.15, -0.1) is 0 Å². The van der Waals surface area contributed by atoms with Crippen LogP contribution in [0.4, 0.5) is 5.82 Å². The molecule has 22 heavy (non-hydrogen) atoms. The molecule has 2 nitrogen and oxygen atoms in total. The number of aryl methyl sites for hydroxylation is 1. The Bertz CT molecular complexity index is 819. The van der Waals surface area contributed by atoms with E-state index in [4.69, 9.17) is 11.6 Å². The number of nitrogens with one attached hydrogen (secondary N) is 1. The normalized spacial score (nSPS) is 16.1. The average molecular weight is 335 g/mol. The fourth-order valence-electron chi connectivity index (χ4n) is 3.06. The molecule has 1 aliphatic rings. The van der Waals surface area contributed by atoms with E-state index in [9.17, 15) is 0 Å². The van der Waals surface area contributed by atoms with Crippen LogP contribution in [0.3, 0.4) is 0 Å². The third kappa shape index (κ3) is 3.11. The summed E-state index contributed by atoms with van der Waals surface area (Å²) >= 11 is 6.01. The monoisotopic (exact) mass is 334 g/mol. The zero-order chi connectivity index (χ0) is 14.2. The van der Waals surface area contributed by atoms with Crippen molar-refractivity contribution in [3.8, 4) is 0 Å². The molecule has 0 bridgehead atoms. The minimum atomic E-state index is 0. The van der Waals surface area contributed by atoms with Gasteiger partial charge in [-0.05, 0) is 54.3 Å². The van der Waals surface area contributed by atoms with E-state index in [2.05, 4.69) is 40.6 Å². The van der Waals surface area contributed by atoms with E-state index in [1.165, 1.54) is 11.1 Å². The number of hydrogen-bond donors (Lipinski definition) is 1. The molecule has 0 radical (unpaired) electrons. The van der Waals surface area contributed by atoms with Crippen LogP contribution in [0.2, 0.25) is 5.02 Å². The largest absolute Gasteiger partial charge is 0.363 e. The molecule has 0 unspecified atom stereocenters. The quantitative estimate of drug-likeness (QED) is 0.714.